The quantitative estimate of drug-likeness (QED) is 0.601. The number of nitrogens with one attached hydrogen (secondary N) is 1. The molecule has 0 radical (unpaired) electrons. The van der Waals surface area contributed by atoms with E-state index in [1.165, 1.54) is 30.3 Å². The van der Waals surface area contributed by atoms with Crippen molar-refractivity contribution in [3.63, 3.8) is 0 Å². The minimum atomic E-state index is -0.467. The lowest BCUT2D eigenvalue weighted by Gasteiger charge is -2.14. The molecule has 2 aromatic carbocycles. The average molecular weight is 366 g/mol. The number of hydrogen-bond donors (Lipinski definition) is 1. The highest BCUT2D eigenvalue weighted by Gasteiger charge is 2.38. The van der Waals surface area contributed by atoms with Crippen LogP contribution in [0.1, 0.15) is 12.5 Å². The highest BCUT2D eigenvalue weighted by Crippen LogP contribution is 2.33. The van der Waals surface area contributed by atoms with Gasteiger partial charge >= 0.3 is 0 Å². The molecule has 138 valence electrons. The Morgan fingerprint density at radius 1 is 1.11 bits per heavy atom. The molecule has 1 heterocycles. The predicted octanol–water partition coefficient (Wildman–Crippen LogP) is 3.60. The van der Waals surface area contributed by atoms with Gasteiger partial charge in [0.05, 0.1) is 17.9 Å². The van der Waals surface area contributed by atoms with Crippen LogP contribution < -0.4 is 10.1 Å². The molecule has 0 saturated carbocycles. The Hall–Kier alpha value is -3.41. The van der Waals surface area contributed by atoms with Crippen LogP contribution in [0.5, 0.6) is 5.75 Å². The third kappa shape index (κ3) is 3.60. The number of anilines is 1. The number of rotatable bonds is 7. The highest BCUT2D eigenvalue weighted by atomic mass is 19.1. The summed E-state index contributed by atoms with van der Waals surface area (Å²) in [5.74, 6) is -0.780. The Morgan fingerprint density at radius 2 is 1.81 bits per heavy atom. The molecule has 0 aliphatic carbocycles. The minimum Gasteiger partial charge on any atom is -0.492 e. The lowest BCUT2D eigenvalue weighted by atomic mass is 10.0. The summed E-state index contributed by atoms with van der Waals surface area (Å²) in [5.41, 5.74) is 1.34. The number of amides is 2. The molecule has 6 heteroatoms. The molecule has 1 aliphatic heterocycles. The van der Waals surface area contributed by atoms with Crippen LogP contribution in [0.2, 0.25) is 0 Å². The zero-order valence-corrected chi connectivity index (χ0v) is 14.9. The van der Waals surface area contributed by atoms with Gasteiger partial charge in [0.15, 0.2) is 0 Å². The summed E-state index contributed by atoms with van der Waals surface area (Å²) in [4.78, 5) is 26.8. The van der Waals surface area contributed by atoms with Crippen molar-refractivity contribution in [3.8, 4) is 5.75 Å². The number of carbonyl (C=O) groups excluding carboxylic acids is 2. The summed E-state index contributed by atoms with van der Waals surface area (Å²) in [6, 6.07) is 12.6. The van der Waals surface area contributed by atoms with Gasteiger partial charge in [0, 0.05) is 6.54 Å². The van der Waals surface area contributed by atoms with Gasteiger partial charge in [-0.15, -0.1) is 6.58 Å². The van der Waals surface area contributed by atoms with Gasteiger partial charge in [-0.25, -0.2) is 4.39 Å². The standard InChI is InChI=1S/C21H19FN2O3/c1-3-13-24-20(25)18(14-9-11-15(22)12-10-14)19(21(24)26)23-16-7-5-6-8-17(16)27-4-2/h3,5-12,23H,1,4,13H2,2H3. The van der Waals surface area contributed by atoms with Crippen molar-refractivity contribution < 1.29 is 18.7 Å². The maximum atomic E-state index is 13.3. The molecule has 2 aromatic rings. The number of halogens is 1. The fourth-order valence-electron chi connectivity index (χ4n) is 2.86. The first-order chi connectivity index (χ1) is 13.1. The van der Waals surface area contributed by atoms with E-state index in [0.29, 0.717) is 23.6 Å². The van der Waals surface area contributed by atoms with Crippen molar-refractivity contribution >= 4 is 23.1 Å². The van der Waals surface area contributed by atoms with E-state index in [1.54, 1.807) is 18.2 Å². The molecular formula is C21H19FN2O3. The molecule has 0 bridgehead atoms. The summed E-state index contributed by atoms with van der Waals surface area (Å²) in [6.07, 6.45) is 1.48. The third-order valence-corrected chi connectivity index (χ3v) is 4.06. The van der Waals surface area contributed by atoms with Crippen molar-refractivity contribution in [2.75, 3.05) is 18.5 Å². The maximum absolute atomic E-state index is 13.3. The molecule has 3 rings (SSSR count). The van der Waals surface area contributed by atoms with E-state index in [0.717, 1.165) is 4.90 Å². The molecule has 0 saturated heterocycles. The van der Waals surface area contributed by atoms with Crippen LogP contribution in [-0.4, -0.2) is 29.9 Å². The first-order valence-electron chi connectivity index (χ1n) is 8.53. The summed E-state index contributed by atoms with van der Waals surface area (Å²) in [7, 11) is 0. The summed E-state index contributed by atoms with van der Waals surface area (Å²) in [5, 5.41) is 3.04. The Bertz CT molecular complexity index is 919. The van der Waals surface area contributed by atoms with E-state index in [-0.39, 0.29) is 17.8 Å². The molecule has 5 nitrogen and oxygen atoms in total. The first kappa shape index (κ1) is 18.4. The molecule has 1 aliphatic rings. The second-order valence-electron chi connectivity index (χ2n) is 5.82. The number of ether oxygens (including phenoxy) is 1. The van der Waals surface area contributed by atoms with E-state index in [9.17, 15) is 14.0 Å². The summed E-state index contributed by atoms with van der Waals surface area (Å²) >= 11 is 0. The Balaban J connectivity index is 2.08. The first-order valence-corrected chi connectivity index (χ1v) is 8.53. The smallest absolute Gasteiger partial charge is 0.278 e. The maximum Gasteiger partial charge on any atom is 0.278 e. The molecule has 0 aromatic heterocycles. The van der Waals surface area contributed by atoms with Crippen LogP contribution in [0.3, 0.4) is 0 Å². The van der Waals surface area contributed by atoms with E-state index in [4.69, 9.17) is 4.74 Å². The van der Waals surface area contributed by atoms with Gasteiger partial charge in [-0.3, -0.25) is 14.5 Å². The lowest BCUT2D eigenvalue weighted by Crippen LogP contribution is -2.32. The monoisotopic (exact) mass is 366 g/mol. The van der Waals surface area contributed by atoms with Crippen molar-refractivity contribution in [1.82, 2.24) is 4.90 Å². The molecule has 0 atom stereocenters. The van der Waals surface area contributed by atoms with Gasteiger partial charge in [0.2, 0.25) is 0 Å². The largest absolute Gasteiger partial charge is 0.492 e. The molecule has 27 heavy (non-hydrogen) atoms. The van der Waals surface area contributed by atoms with E-state index in [2.05, 4.69) is 11.9 Å². The number of nitrogens with zero attached hydrogens (tertiary/aromatic N) is 1. The van der Waals surface area contributed by atoms with E-state index >= 15 is 0 Å². The molecule has 0 unspecified atom stereocenters. The molecule has 2 amide bonds. The zero-order chi connectivity index (χ0) is 19.4. The Morgan fingerprint density at radius 3 is 2.48 bits per heavy atom. The fourth-order valence-corrected chi connectivity index (χ4v) is 2.86. The van der Waals surface area contributed by atoms with Crippen LogP contribution in [0.25, 0.3) is 5.57 Å². The minimum absolute atomic E-state index is 0.0840. The third-order valence-electron chi connectivity index (χ3n) is 4.06. The molecule has 0 spiro atoms. The number of para-hydroxylation sites is 2. The van der Waals surface area contributed by atoms with E-state index in [1.807, 2.05) is 13.0 Å². The second-order valence-corrected chi connectivity index (χ2v) is 5.82. The number of hydrogen-bond acceptors (Lipinski definition) is 4. The van der Waals surface area contributed by atoms with Gasteiger partial charge in [0.1, 0.15) is 17.3 Å². The topological polar surface area (TPSA) is 58.6 Å². The SMILES string of the molecule is C=CCN1C(=O)C(Nc2ccccc2OCC)=C(c2ccc(F)cc2)C1=O. The van der Waals surface area contributed by atoms with Crippen LogP contribution in [-0.2, 0) is 9.59 Å². The Labute approximate surface area is 156 Å². The van der Waals surface area contributed by atoms with Gasteiger partial charge in [-0.2, -0.15) is 0 Å². The zero-order valence-electron chi connectivity index (χ0n) is 14.9. The van der Waals surface area contributed by atoms with Crippen molar-refractivity contribution in [1.29, 1.82) is 0 Å². The molecule has 0 fully saturated rings. The molecule has 1 N–H and O–H groups in total. The fraction of sp³-hybridized carbons (Fsp3) is 0.143. The van der Waals surface area contributed by atoms with Crippen molar-refractivity contribution in [2.45, 2.75) is 6.92 Å². The number of benzene rings is 2. The van der Waals surface area contributed by atoms with Gasteiger partial charge in [0.25, 0.3) is 11.8 Å². The van der Waals surface area contributed by atoms with Crippen molar-refractivity contribution in [3.05, 3.63) is 78.3 Å². The number of carbonyl (C=O) groups is 2. The van der Waals surface area contributed by atoms with Gasteiger partial charge < -0.3 is 10.1 Å². The van der Waals surface area contributed by atoms with Gasteiger partial charge in [-0.05, 0) is 36.8 Å². The normalized spacial score (nSPS) is 13.9. The van der Waals surface area contributed by atoms with Crippen LogP contribution in [0.4, 0.5) is 10.1 Å². The van der Waals surface area contributed by atoms with E-state index < -0.39 is 17.6 Å². The predicted molar refractivity (Wildman–Crippen MR) is 101 cm³/mol. The van der Waals surface area contributed by atoms with Crippen LogP contribution in [0, 0.1) is 5.82 Å². The number of imide groups is 1. The highest BCUT2D eigenvalue weighted by molar-refractivity contribution is 6.36. The van der Waals surface area contributed by atoms with Crippen LogP contribution in [0.15, 0.2) is 66.9 Å². The van der Waals surface area contributed by atoms with Gasteiger partial charge in [-0.1, -0.05) is 30.3 Å². The summed E-state index contributed by atoms with van der Waals surface area (Å²) < 4.78 is 18.9. The van der Waals surface area contributed by atoms with Crippen LogP contribution >= 0.6 is 0 Å². The Kier molecular flexibility index (Phi) is 5.35. The van der Waals surface area contributed by atoms with Crippen molar-refractivity contribution in [2.24, 2.45) is 0 Å². The lowest BCUT2D eigenvalue weighted by molar-refractivity contribution is -0.136. The molecular weight excluding hydrogens is 347 g/mol. The second kappa shape index (κ2) is 7.86. The average Bonchev–Trinajstić information content (AvgIpc) is 2.89. The summed E-state index contributed by atoms with van der Waals surface area (Å²) in [6.45, 7) is 5.99.